The number of benzene rings is 1. The number of hydrogen-bond acceptors (Lipinski definition) is 8. The number of nitrogens with zero attached hydrogens (tertiary/aromatic N) is 2. The van der Waals surface area contributed by atoms with Gasteiger partial charge in [0.15, 0.2) is 0 Å². The Morgan fingerprint density at radius 3 is 2.22 bits per heavy atom. The molecule has 2 aliphatic heterocycles. The van der Waals surface area contributed by atoms with Gasteiger partial charge in [-0.05, 0) is 30.7 Å². The van der Waals surface area contributed by atoms with Crippen LogP contribution in [0.1, 0.15) is 6.42 Å². The van der Waals surface area contributed by atoms with E-state index < -0.39 is 22.0 Å². The third-order valence-corrected chi connectivity index (χ3v) is 6.25. The van der Waals surface area contributed by atoms with E-state index in [9.17, 15) is 18.0 Å². The summed E-state index contributed by atoms with van der Waals surface area (Å²) in [6.45, 7) is 0.401. The molecule has 146 valence electrons. The molecule has 0 saturated carbocycles. The van der Waals surface area contributed by atoms with Crippen LogP contribution in [0.25, 0.3) is 0 Å². The summed E-state index contributed by atoms with van der Waals surface area (Å²) in [5.41, 5.74) is 1.20. The van der Waals surface area contributed by atoms with Crippen molar-refractivity contribution in [1.29, 1.82) is 0 Å². The second kappa shape index (κ2) is 7.57. The summed E-state index contributed by atoms with van der Waals surface area (Å²) in [6.07, 6.45) is 0.585. The average molecular weight is 396 g/mol. The van der Waals surface area contributed by atoms with E-state index in [0.29, 0.717) is 24.3 Å². The van der Waals surface area contributed by atoms with E-state index in [0.717, 1.165) is 0 Å². The highest BCUT2D eigenvalue weighted by Crippen LogP contribution is 2.30. The third-order valence-electron chi connectivity index (χ3n) is 4.38. The van der Waals surface area contributed by atoms with Gasteiger partial charge in [-0.1, -0.05) is 0 Å². The molecule has 0 atom stereocenters. The molecule has 1 fully saturated rings. The SMILES string of the molecule is COC(=O)C1=C(C(=O)OC)N(c2ccc(N3CCCS3(=O)=O)cc2)COC1. The molecule has 0 unspecified atom stereocenters. The van der Waals surface area contributed by atoms with Gasteiger partial charge in [0.25, 0.3) is 0 Å². The standard InChI is InChI=1S/C17H20N2O7S/c1-24-16(20)14-10-26-11-18(15(14)17(21)25-2)12-4-6-13(7-5-12)19-8-3-9-27(19,22)23/h4-7H,3,8-11H2,1-2H3. The van der Waals surface area contributed by atoms with Crippen molar-refractivity contribution in [2.24, 2.45) is 0 Å². The Hall–Kier alpha value is -2.59. The lowest BCUT2D eigenvalue weighted by atomic mass is 10.1. The molecular formula is C17H20N2O7S. The third kappa shape index (κ3) is 3.62. The Labute approximate surface area is 157 Å². The van der Waals surface area contributed by atoms with Gasteiger partial charge in [-0.25, -0.2) is 18.0 Å². The highest BCUT2D eigenvalue weighted by atomic mass is 32.2. The maximum Gasteiger partial charge on any atom is 0.355 e. The lowest BCUT2D eigenvalue weighted by molar-refractivity contribution is -0.140. The van der Waals surface area contributed by atoms with Crippen LogP contribution in [0.4, 0.5) is 11.4 Å². The number of methoxy groups -OCH3 is 2. The van der Waals surface area contributed by atoms with E-state index in [1.807, 2.05) is 0 Å². The lowest BCUT2D eigenvalue weighted by Crippen LogP contribution is -2.38. The van der Waals surface area contributed by atoms with Gasteiger partial charge in [-0.15, -0.1) is 0 Å². The van der Waals surface area contributed by atoms with Crippen LogP contribution in [0, 0.1) is 0 Å². The van der Waals surface area contributed by atoms with Gasteiger partial charge in [-0.2, -0.15) is 0 Å². The molecule has 9 nitrogen and oxygen atoms in total. The molecule has 0 N–H and O–H groups in total. The highest BCUT2D eigenvalue weighted by molar-refractivity contribution is 7.93. The number of carbonyl (C=O) groups excluding carboxylic acids is 2. The Morgan fingerprint density at radius 1 is 1.04 bits per heavy atom. The molecule has 1 saturated heterocycles. The van der Waals surface area contributed by atoms with E-state index in [1.54, 1.807) is 24.3 Å². The second-order valence-corrected chi connectivity index (χ2v) is 7.99. The number of hydrogen-bond donors (Lipinski definition) is 0. The zero-order chi connectivity index (χ0) is 19.6. The van der Waals surface area contributed by atoms with Crippen molar-refractivity contribution in [2.45, 2.75) is 6.42 Å². The van der Waals surface area contributed by atoms with Crippen LogP contribution in [0.2, 0.25) is 0 Å². The van der Waals surface area contributed by atoms with Crippen molar-refractivity contribution in [2.75, 3.05) is 49.1 Å². The van der Waals surface area contributed by atoms with E-state index >= 15 is 0 Å². The number of carbonyl (C=O) groups is 2. The average Bonchev–Trinajstić information content (AvgIpc) is 3.05. The van der Waals surface area contributed by atoms with Crippen LogP contribution in [-0.4, -0.2) is 60.2 Å². The van der Waals surface area contributed by atoms with Crippen molar-refractivity contribution < 1.29 is 32.2 Å². The smallest absolute Gasteiger partial charge is 0.355 e. The molecular weight excluding hydrogens is 376 g/mol. The monoisotopic (exact) mass is 396 g/mol. The number of esters is 2. The first-order valence-electron chi connectivity index (χ1n) is 8.24. The first-order valence-corrected chi connectivity index (χ1v) is 9.85. The molecule has 1 aromatic carbocycles. The van der Waals surface area contributed by atoms with E-state index in [-0.39, 0.29) is 30.4 Å². The molecule has 1 aromatic rings. The van der Waals surface area contributed by atoms with Crippen LogP contribution in [0.15, 0.2) is 35.5 Å². The van der Waals surface area contributed by atoms with Gasteiger partial charge in [0.1, 0.15) is 12.4 Å². The van der Waals surface area contributed by atoms with Crippen molar-refractivity contribution in [1.82, 2.24) is 0 Å². The van der Waals surface area contributed by atoms with Gasteiger partial charge in [0.2, 0.25) is 10.0 Å². The Morgan fingerprint density at radius 2 is 1.67 bits per heavy atom. The Bertz CT molecular complexity index is 877. The predicted molar refractivity (Wildman–Crippen MR) is 96.5 cm³/mol. The number of rotatable bonds is 4. The molecule has 10 heteroatoms. The lowest BCUT2D eigenvalue weighted by Gasteiger charge is -2.31. The fourth-order valence-electron chi connectivity index (χ4n) is 3.08. The van der Waals surface area contributed by atoms with Gasteiger partial charge < -0.3 is 19.1 Å². The molecule has 0 spiro atoms. The maximum atomic E-state index is 12.3. The molecule has 27 heavy (non-hydrogen) atoms. The van der Waals surface area contributed by atoms with Crippen LogP contribution >= 0.6 is 0 Å². The van der Waals surface area contributed by atoms with E-state index in [2.05, 4.69) is 0 Å². The van der Waals surface area contributed by atoms with E-state index in [1.165, 1.54) is 23.4 Å². The predicted octanol–water partition coefficient (Wildman–Crippen LogP) is 0.621. The zero-order valence-corrected chi connectivity index (χ0v) is 15.8. The van der Waals surface area contributed by atoms with Crippen molar-refractivity contribution in [3.63, 3.8) is 0 Å². The first-order chi connectivity index (χ1) is 12.9. The molecule has 0 radical (unpaired) electrons. The summed E-state index contributed by atoms with van der Waals surface area (Å²) < 4.78 is 40.4. The minimum Gasteiger partial charge on any atom is -0.466 e. The van der Waals surface area contributed by atoms with Crippen LogP contribution in [-0.2, 0) is 33.8 Å². The van der Waals surface area contributed by atoms with Crippen LogP contribution in [0.5, 0.6) is 0 Å². The maximum absolute atomic E-state index is 12.3. The summed E-state index contributed by atoms with van der Waals surface area (Å²) in [5.74, 6) is -1.24. The molecule has 0 bridgehead atoms. The van der Waals surface area contributed by atoms with E-state index in [4.69, 9.17) is 14.2 Å². The quantitative estimate of drug-likeness (QED) is 0.683. The van der Waals surface area contributed by atoms with Gasteiger partial charge >= 0.3 is 11.9 Å². The van der Waals surface area contributed by atoms with Gasteiger partial charge in [-0.3, -0.25) is 4.31 Å². The molecule has 0 aliphatic carbocycles. The zero-order valence-electron chi connectivity index (χ0n) is 15.0. The molecule has 0 aromatic heterocycles. The number of sulfonamides is 1. The van der Waals surface area contributed by atoms with Crippen molar-refractivity contribution in [3.8, 4) is 0 Å². The molecule has 3 rings (SSSR count). The summed E-state index contributed by atoms with van der Waals surface area (Å²) >= 11 is 0. The first kappa shape index (κ1) is 19.2. The second-order valence-electron chi connectivity index (χ2n) is 5.97. The largest absolute Gasteiger partial charge is 0.466 e. The van der Waals surface area contributed by atoms with Crippen molar-refractivity contribution in [3.05, 3.63) is 35.5 Å². The summed E-state index contributed by atoms with van der Waals surface area (Å²) in [6, 6.07) is 6.63. The van der Waals surface area contributed by atoms with Gasteiger partial charge in [0, 0.05) is 12.2 Å². The van der Waals surface area contributed by atoms with Crippen molar-refractivity contribution >= 4 is 33.3 Å². The van der Waals surface area contributed by atoms with Gasteiger partial charge in [0.05, 0.1) is 37.8 Å². The minimum absolute atomic E-state index is 0.0340. The summed E-state index contributed by atoms with van der Waals surface area (Å²) in [5, 5.41) is 0. The van der Waals surface area contributed by atoms with Crippen LogP contribution < -0.4 is 9.21 Å². The Kier molecular flexibility index (Phi) is 5.38. The molecule has 2 aliphatic rings. The minimum atomic E-state index is -3.28. The Balaban J connectivity index is 1.96. The molecule has 0 amide bonds. The fraction of sp³-hybridized carbons (Fsp3) is 0.412. The molecule has 2 heterocycles. The summed E-state index contributed by atoms with van der Waals surface area (Å²) in [4.78, 5) is 25.8. The summed E-state index contributed by atoms with van der Waals surface area (Å²) in [7, 11) is -0.841. The van der Waals surface area contributed by atoms with Crippen LogP contribution in [0.3, 0.4) is 0 Å². The number of ether oxygens (including phenoxy) is 3. The fourth-order valence-corrected chi connectivity index (χ4v) is 4.64. The highest BCUT2D eigenvalue weighted by Gasteiger charge is 2.33. The number of anilines is 2. The normalized spacial score (nSPS) is 19.2. The topological polar surface area (TPSA) is 102 Å².